The van der Waals surface area contributed by atoms with E-state index in [1.54, 1.807) is 49.5 Å². The van der Waals surface area contributed by atoms with Crippen LogP contribution in [0.2, 0.25) is 5.02 Å². The molecule has 0 spiro atoms. The van der Waals surface area contributed by atoms with Crippen LogP contribution in [0, 0.1) is 5.82 Å². The van der Waals surface area contributed by atoms with Crippen molar-refractivity contribution in [3.8, 4) is 0 Å². The molecule has 25 heavy (non-hydrogen) atoms. The SMILES string of the molecule is CC(=O)NC(CC(=O)N(C)Cc1ccccc1F)c1ccc(Cl)cc1. The molecule has 0 aromatic heterocycles. The zero-order chi connectivity index (χ0) is 18.4. The van der Waals surface area contributed by atoms with Crippen LogP contribution in [-0.4, -0.2) is 23.8 Å². The van der Waals surface area contributed by atoms with Crippen LogP contribution in [0.1, 0.15) is 30.5 Å². The molecule has 6 heteroatoms. The summed E-state index contributed by atoms with van der Waals surface area (Å²) in [5, 5.41) is 3.35. The maximum atomic E-state index is 13.7. The van der Waals surface area contributed by atoms with E-state index < -0.39 is 6.04 Å². The van der Waals surface area contributed by atoms with E-state index in [1.807, 2.05) is 0 Å². The van der Waals surface area contributed by atoms with Crippen LogP contribution in [0.25, 0.3) is 0 Å². The lowest BCUT2D eigenvalue weighted by molar-refractivity contribution is -0.131. The molecule has 0 aliphatic rings. The minimum absolute atomic E-state index is 0.0756. The summed E-state index contributed by atoms with van der Waals surface area (Å²) in [6.45, 7) is 1.56. The summed E-state index contributed by atoms with van der Waals surface area (Å²) in [6, 6.07) is 12.8. The lowest BCUT2D eigenvalue weighted by atomic mass is 10.0. The van der Waals surface area contributed by atoms with Crippen molar-refractivity contribution in [3.63, 3.8) is 0 Å². The van der Waals surface area contributed by atoms with Gasteiger partial charge in [-0.15, -0.1) is 0 Å². The second-order valence-electron chi connectivity index (χ2n) is 5.85. The highest BCUT2D eigenvalue weighted by atomic mass is 35.5. The Hall–Kier alpha value is -2.40. The fourth-order valence-electron chi connectivity index (χ4n) is 2.49. The Morgan fingerprint density at radius 2 is 1.80 bits per heavy atom. The van der Waals surface area contributed by atoms with E-state index in [1.165, 1.54) is 17.9 Å². The Balaban J connectivity index is 2.09. The average molecular weight is 363 g/mol. The van der Waals surface area contributed by atoms with E-state index >= 15 is 0 Å². The van der Waals surface area contributed by atoms with E-state index in [-0.39, 0.29) is 30.6 Å². The van der Waals surface area contributed by atoms with Gasteiger partial charge in [0.25, 0.3) is 0 Å². The number of carbonyl (C=O) groups excluding carboxylic acids is 2. The van der Waals surface area contributed by atoms with Crippen molar-refractivity contribution >= 4 is 23.4 Å². The number of hydrogen-bond acceptors (Lipinski definition) is 2. The Bertz CT molecular complexity index is 749. The molecule has 2 amide bonds. The third-order valence-electron chi connectivity index (χ3n) is 3.82. The molecule has 0 radical (unpaired) electrons. The molecule has 2 aromatic rings. The first-order valence-electron chi connectivity index (χ1n) is 7.86. The average Bonchev–Trinajstić information content (AvgIpc) is 2.56. The van der Waals surface area contributed by atoms with E-state index in [4.69, 9.17) is 11.6 Å². The maximum Gasteiger partial charge on any atom is 0.225 e. The van der Waals surface area contributed by atoms with Gasteiger partial charge in [0.2, 0.25) is 11.8 Å². The molecule has 132 valence electrons. The van der Waals surface area contributed by atoms with Gasteiger partial charge >= 0.3 is 0 Å². The highest BCUT2D eigenvalue weighted by Crippen LogP contribution is 2.21. The smallest absolute Gasteiger partial charge is 0.225 e. The zero-order valence-electron chi connectivity index (χ0n) is 14.1. The largest absolute Gasteiger partial charge is 0.349 e. The number of halogens is 2. The van der Waals surface area contributed by atoms with Crippen LogP contribution >= 0.6 is 11.6 Å². The second kappa shape index (κ2) is 8.62. The van der Waals surface area contributed by atoms with Crippen molar-refractivity contribution in [3.05, 3.63) is 70.5 Å². The maximum absolute atomic E-state index is 13.7. The summed E-state index contributed by atoms with van der Waals surface area (Å²) in [5.41, 5.74) is 1.23. The number of hydrogen-bond donors (Lipinski definition) is 1. The first-order valence-corrected chi connectivity index (χ1v) is 8.24. The number of nitrogens with zero attached hydrogens (tertiary/aromatic N) is 1. The van der Waals surface area contributed by atoms with Crippen LogP contribution in [0.4, 0.5) is 4.39 Å². The molecule has 0 bridgehead atoms. The quantitative estimate of drug-likeness (QED) is 0.851. The minimum Gasteiger partial charge on any atom is -0.349 e. The minimum atomic E-state index is -0.467. The Morgan fingerprint density at radius 1 is 1.16 bits per heavy atom. The summed E-state index contributed by atoms with van der Waals surface area (Å²) in [6.07, 6.45) is 0.0756. The van der Waals surface area contributed by atoms with Crippen molar-refractivity contribution < 1.29 is 14.0 Å². The van der Waals surface area contributed by atoms with Gasteiger partial charge in [-0.1, -0.05) is 41.9 Å². The second-order valence-corrected chi connectivity index (χ2v) is 6.29. The molecule has 0 heterocycles. The lowest BCUT2D eigenvalue weighted by Crippen LogP contribution is -2.33. The Labute approximate surface area is 151 Å². The number of benzene rings is 2. The molecule has 2 rings (SSSR count). The Kier molecular flexibility index (Phi) is 6.53. The van der Waals surface area contributed by atoms with Crippen molar-refractivity contribution in [2.75, 3.05) is 7.05 Å². The van der Waals surface area contributed by atoms with Gasteiger partial charge in [0, 0.05) is 31.1 Å². The van der Waals surface area contributed by atoms with E-state index in [9.17, 15) is 14.0 Å². The standard InChI is InChI=1S/C19H20ClFN2O2/c1-13(24)22-18(14-7-9-16(20)10-8-14)11-19(25)23(2)12-15-5-3-4-6-17(15)21/h3-10,18H,11-12H2,1-2H3,(H,22,24). The molecule has 0 aliphatic heterocycles. The van der Waals surface area contributed by atoms with Gasteiger partial charge in [0.15, 0.2) is 0 Å². The van der Waals surface area contributed by atoms with Crippen LogP contribution in [0.5, 0.6) is 0 Å². The highest BCUT2D eigenvalue weighted by molar-refractivity contribution is 6.30. The monoisotopic (exact) mass is 362 g/mol. The number of carbonyl (C=O) groups is 2. The van der Waals surface area contributed by atoms with Gasteiger partial charge in [-0.3, -0.25) is 9.59 Å². The van der Waals surface area contributed by atoms with E-state index in [2.05, 4.69) is 5.32 Å². The van der Waals surface area contributed by atoms with Crippen molar-refractivity contribution in [2.45, 2.75) is 25.9 Å². The molecule has 0 saturated carbocycles. The molecule has 0 saturated heterocycles. The summed E-state index contributed by atoms with van der Waals surface area (Å²) in [4.78, 5) is 25.4. The molecular weight excluding hydrogens is 343 g/mol. The van der Waals surface area contributed by atoms with E-state index in [0.29, 0.717) is 10.6 Å². The summed E-state index contributed by atoms with van der Waals surface area (Å²) in [5.74, 6) is -0.778. The predicted molar refractivity (Wildman–Crippen MR) is 95.5 cm³/mol. The fourth-order valence-corrected chi connectivity index (χ4v) is 2.62. The van der Waals surface area contributed by atoms with Gasteiger partial charge < -0.3 is 10.2 Å². The molecule has 0 aliphatic carbocycles. The highest BCUT2D eigenvalue weighted by Gasteiger charge is 2.20. The van der Waals surface area contributed by atoms with Gasteiger partial charge in [-0.25, -0.2) is 4.39 Å². The van der Waals surface area contributed by atoms with Crippen molar-refractivity contribution in [1.29, 1.82) is 0 Å². The third kappa shape index (κ3) is 5.57. The molecule has 4 nitrogen and oxygen atoms in total. The topological polar surface area (TPSA) is 49.4 Å². The first kappa shape index (κ1) is 18.9. The normalized spacial score (nSPS) is 11.7. The van der Waals surface area contributed by atoms with Crippen LogP contribution in [0.15, 0.2) is 48.5 Å². The molecular formula is C19H20ClFN2O2. The van der Waals surface area contributed by atoms with Crippen LogP contribution < -0.4 is 5.32 Å². The molecule has 2 aromatic carbocycles. The zero-order valence-corrected chi connectivity index (χ0v) is 14.9. The Morgan fingerprint density at radius 3 is 2.40 bits per heavy atom. The molecule has 1 N–H and O–H groups in total. The van der Waals surface area contributed by atoms with Crippen molar-refractivity contribution in [1.82, 2.24) is 10.2 Å². The molecule has 0 fully saturated rings. The number of nitrogens with one attached hydrogen (secondary N) is 1. The summed E-state index contributed by atoms with van der Waals surface area (Å²) >= 11 is 5.89. The number of amides is 2. The van der Waals surface area contributed by atoms with Gasteiger partial charge in [0.05, 0.1) is 12.5 Å². The summed E-state index contributed by atoms with van der Waals surface area (Å²) < 4.78 is 13.7. The van der Waals surface area contributed by atoms with Crippen LogP contribution in [0.3, 0.4) is 0 Å². The lowest BCUT2D eigenvalue weighted by Gasteiger charge is -2.23. The van der Waals surface area contributed by atoms with Gasteiger partial charge in [-0.2, -0.15) is 0 Å². The first-order chi connectivity index (χ1) is 11.9. The van der Waals surface area contributed by atoms with Gasteiger partial charge in [-0.05, 0) is 23.8 Å². The fraction of sp³-hybridized carbons (Fsp3) is 0.263. The summed E-state index contributed by atoms with van der Waals surface area (Å²) in [7, 11) is 1.61. The van der Waals surface area contributed by atoms with Crippen LogP contribution in [-0.2, 0) is 16.1 Å². The third-order valence-corrected chi connectivity index (χ3v) is 4.07. The van der Waals surface area contributed by atoms with Crippen molar-refractivity contribution in [2.24, 2.45) is 0 Å². The number of rotatable bonds is 6. The molecule has 1 atom stereocenters. The van der Waals surface area contributed by atoms with E-state index in [0.717, 1.165) is 5.56 Å². The molecule has 1 unspecified atom stereocenters. The van der Waals surface area contributed by atoms with Gasteiger partial charge in [0.1, 0.15) is 5.82 Å². The predicted octanol–water partition coefficient (Wildman–Crippen LogP) is 3.71.